The number of non-ortho nitro benzene ring substituents is 1. The van der Waals surface area contributed by atoms with Crippen LogP contribution in [0.15, 0.2) is 30.3 Å². The van der Waals surface area contributed by atoms with Crippen LogP contribution in [-0.4, -0.2) is 29.5 Å². The van der Waals surface area contributed by atoms with E-state index in [2.05, 4.69) is 10.3 Å². The molecule has 0 bridgehead atoms. The summed E-state index contributed by atoms with van der Waals surface area (Å²) >= 11 is 7.00. The number of aryl methyl sites for hydroxylation is 1. The maximum Gasteiger partial charge on any atom is 0.274 e. The molecule has 3 aromatic rings. The number of carbonyl (C=O) groups excluding carboxylic acids is 1. The van der Waals surface area contributed by atoms with Gasteiger partial charge in [-0.3, -0.25) is 20.2 Å². The molecule has 0 fully saturated rings. The molecule has 0 unspecified atom stereocenters. The quantitative estimate of drug-likeness (QED) is 0.485. The zero-order valence-corrected chi connectivity index (χ0v) is 15.9. The number of ether oxygens (including phenoxy) is 2. The highest BCUT2D eigenvalue weighted by molar-refractivity contribution is 7.22. The molecule has 2 aromatic carbocycles. The fourth-order valence-corrected chi connectivity index (χ4v) is 3.53. The molecule has 0 aliphatic carbocycles. The minimum absolute atomic E-state index is 0.109. The summed E-state index contributed by atoms with van der Waals surface area (Å²) in [7, 11) is 1.40. The summed E-state index contributed by atoms with van der Waals surface area (Å²) in [5, 5.41) is 14.5. The molecule has 1 heterocycles. The average molecular weight is 408 g/mol. The maximum absolute atomic E-state index is 12.1. The zero-order valence-electron chi connectivity index (χ0n) is 14.3. The molecular formula is C17H14ClN3O5S. The molecule has 10 heteroatoms. The number of methoxy groups -OCH3 is 1. The standard InChI is InChI=1S/C17H14ClN3O5S/c1-9-5-10(18)3-4-12(9)26-8-15(22)19-17-20-16-13(25-2)6-11(21(23)24)7-14(16)27-17/h3-7H,8H2,1-2H3,(H,19,20,22). The van der Waals surface area contributed by atoms with Gasteiger partial charge in [-0.1, -0.05) is 22.9 Å². The number of hydrogen-bond acceptors (Lipinski definition) is 7. The number of benzene rings is 2. The Bertz CT molecular complexity index is 1040. The van der Waals surface area contributed by atoms with Gasteiger partial charge < -0.3 is 9.47 Å². The fraction of sp³-hybridized carbons (Fsp3) is 0.176. The summed E-state index contributed by atoms with van der Waals surface area (Å²) in [5.41, 5.74) is 1.15. The Morgan fingerprint density at radius 2 is 2.11 bits per heavy atom. The van der Waals surface area contributed by atoms with Crippen LogP contribution in [0.3, 0.4) is 0 Å². The Balaban J connectivity index is 1.74. The Morgan fingerprint density at radius 3 is 2.78 bits per heavy atom. The first-order valence-corrected chi connectivity index (χ1v) is 8.88. The number of nitrogens with zero attached hydrogens (tertiary/aromatic N) is 2. The minimum Gasteiger partial charge on any atom is -0.494 e. The predicted molar refractivity (Wildman–Crippen MR) is 103 cm³/mol. The molecule has 0 spiro atoms. The third-order valence-electron chi connectivity index (χ3n) is 3.62. The molecule has 8 nitrogen and oxygen atoms in total. The Labute approximate surface area is 162 Å². The number of nitro benzene ring substituents is 1. The van der Waals surface area contributed by atoms with Gasteiger partial charge in [-0.05, 0) is 30.7 Å². The number of carbonyl (C=O) groups is 1. The fourth-order valence-electron chi connectivity index (χ4n) is 2.37. The van der Waals surface area contributed by atoms with Crippen molar-refractivity contribution in [3.8, 4) is 11.5 Å². The first-order valence-electron chi connectivity index (χ1n) is 7.69. The van der Waals surface area contributed by atoms with Crippen LogP contribution in [0.1, 0.15) is 5.56 Å². The van der Waals surface area contributed by atoms with Gasteiger partial charge in [0, 0.05) is 11.1 Å². The van der Waals surface area contributed by atoms with Crippen LogP contribution >= 0.6 is 22.9 Å². The monoisotopic (exact) mass is 407 g/mol. The summed E-state index contributed by atoms with van der Waals surface area (Å²) < 4.78 is 11.2. The van der Waals surface area contributed by atoms with Crippen molar-refractivity contribution >= 4 is 49.9 Å². The van der Waals surface area contributed by atoms with Crippen LogP contribution < -0.4 is 14.8 Å². The van der Waals surface area contributed by atoms with E-state index in [1.54, 1.807) is 18.2 Å². The summed E-state index contributed by atoms with van der Waals surface area (Å²) in [5.74, 6) is 0.414. The third kappa shape index (κ3) is 4.26. The van der Waals surface area contributed by atoms with Crippen molar-refractivity contribution in [3.63, 3.8) is 0 Å². The van der Waals surface area contributed by atoms with Crippen LogP contribution in [0.5, 0.6) is 11.5 Å². The lowest BCUT2D eigenvalue weighted by molar-refractivity contribution is -0.384. The molecule has 0 saturated carbocycles. The molecule has 140 valence electrons. The number of amides is 1. The van der Waals surface area contributed by atoms with Crippen molar-refractivity contribution in [2.75, 3.05) is 19.0 Å². The van der Waals surface area contributed by atoms with E-state index in [0.29, 0.717) is 26.1 Å². The summed E-state index contributed by atoms with van der Waals surface area (Å²) in [4.78, 5) is 26.9. The zero-order chi connectivity index (χ0) is 19.6. The van der Waals surface area contributed by atoms with E-state index in [-0.39, 0.29) is 18.0 Å². The Morgan fingerprint density at radius 1 is 1.33 bits per heavy atom. The van der Waals surface area contributed by atoms with Crippen molar-refractivity contribution in [1.29, 1.82) is 0 Å². The van der Waals surface area contributed by atoms with Crippen molar-refractivity contribution in [2.45, 2.75) is 6.92 Å². The second kappa shape index (κ2) is 7.77. The summed E-state index contributed by atoms with van der Waals surface area (Å²) in [6.07, 6.45) is 0. The number of halogens is 1. The van der Waals surface area contributed by atoms with Crippen molar-refractivity contribution in [1.82, 2.24) is 4.98 Å². The number of hydrogen-bond donors (Lipinski definition) is 1. The van der Waals surface area contributed by atoms with Crippen LogP contribution in [0.2, 0.25) is 5.02 Å². The van der Waals surface area contributed by atoms with Gasteiger partial charge in [0.15, 0.2) is 17.5 Å². The topological polar surface area (TPSA) is 104 Å². The molecule has 27 heavy (non-hydrogen) atoms. The van der Waals surface area contributed by atoms with Crippen molar-refractivity contribution < 1.29 is 19.2 Å². The van der Waals surface area contributed by atoms with Crippen molar-refractivity contribution in [2.24, 2.45) is 0 Å². The smallest absolute Gasteiger partial charge is 0.274 e. The lowest BCUT2D eigenvalue weighted by Crippen LogP contribution is -2.20. The second-order valence-electron chi connectivity index (χ2n) is 5.52. The third-order valence-corrected chi connectivity index (χ3v) is 4.77. The van der Waals surface area contributed by atoms with E-state index in [0.717, 1.165) is 16.9 Å². The number of nitro groups is 1. The van der Waals surface area contributed by atoms with E-state index in [4.69, 9.17) is 21.1 Å². The highest BCUT2D eigenvalue weighted by Gasteiger charge is 2.17. The van der Waals surface area contributed by atoms with E-state index in [1.165, 1.54) is 19.2 Å². The number of thiazole rings is 1. The number of aromatic nitrogens is 1. The lowest BCUT2D eigenvalue weighted by atomic mass is 10.2. The average Bonchev–Trinajstić information content (AvgIpc) is 3.02. The second-order valence-corrected chi connectivity index (χ2v) is 6.98. The SMILES string of the molecule is COc1cc([N+](=O)[O-])cc2sc(NC(=O)COc3ccc(Cl)cc3C)nc12. The van der Waals surface area contributed by atoms with Gasteiger partial charge in [-0.15, -0.1) is 0 Å². The van der Waals surface area contributed by atoms with Crippen LogP contribution in [0.25, 0.3) is 10.2 Å². The molecule has 1 amide bonds. The largest absolute Gasteiger partial charge is 0.494 e. The minimum atomic E-state index is -0.512. The number of nitrogens with one attached hydrogen (secondary N) is 1. The van der Waals surface area contributed by atoms with Gasteiger partial charge in [-0.2, -0.15) is 0 Å². The van der Waals surface area contributed by atoms with Crippen molar-refractivity contribution in [3.05, 3.63) is 51.0 Å². The van der Waals surface area contributed by atoms with E-state index < -0.39 is 10.8 Å². The van der Waals surface area contributed by atoms with Crippen LogP contribution in [0, 0.1) is 17.0 Å². The lowest BCUT2D eigenvalue weighted by Gasteiger charge is -2.08. The summed E-state index contributed by atoms with van der Waals surface area (Å²) in [6.45, 7) is 1.61. The van der Waals surface area contributed by atoms with Gasteiger partial charge >= 0.3 is 0 Å². The Hall–Kier alpha value is -2.91. The Kier molecular flexibility index (Phi) is 5.43. The van der Waals surface area contributed by atoms with Gasteiger partial charge in [0.05, 0.1) is 22.8 Å². The summed E-state index contributed by atoms with van der Waals surface area (Å²) in [6, 6.07) is 7.78. The first-order chi connectivity index (χ1) is 12.9. The normalized spacial score (nSPS) is 10.6. The molecule has 3 rings (SSSR count). The predicted octanol–water partition coefficient (Wildman–Crippen LogP) is 4.19. The van der Waals surface area contributed by atoms with Gasteiger partial charge in [0.1, 0.15) is 11.3 Å². The van der Waals surface area contributed by atoms with E-state index in [1.807, 2.05) is 6.92 Å². The van der Waals surface area contributed by atoms with Gasteiger partial charge in [-0.25, -0.2) is 4.98 Å². The number of fused-ring (bicyclic) bond motifs is 1. The maximum atomic E-state index is 12.1. The molecule has 0 radical (unpaired) electrons. The highest BCUT2D eigenvalue weighted by atomic mass is 35.5. The number of rotatable bonds is 6. The van der Waals surface area contributed by atoms with Crippen LogP contribution in [0.4, 0.5) is 10.8 Å². The molecule has 0 aliphatic rings. The molecule has 1 N–H and O–H groups in total. The molecule has 1 aromatic heterocycles. The van der Waals surface area contributed by atoms with Gasteiger partial charge in [0.2, 0.25) is 0 Å². The highest BCUT2D eigenvalue weighted by Crippen LogP contribution is 2.36. The molecule has 0 aliphatic heterocycles. The molecular weight excluding hydrogens is 394 g/mol. The molecule has 0 atom stereocenters. The van der Waals surface area contributed by atoms with Crippen LogP contribution in [-0.2, 0) is 4.79 Å². The molecule has 0 saturated heterocycles. The van der Waals surface area contributed by atoms with E-state index >= 15 is 0 Å². The van der Waals surface area contributed by atoms with E-state index in [9.17, 15) is 14.9 Å². The first kappa shape index (κ1) is 18.9. The van der Waals surface area contributed by atoms with Gasteiger partial charge in [0.25, 0.3) is 11.6 Å². The number of anilines is 1.